The Labute approximate surface area is 222 Å². The van der Waals surface area contributed by atoms with E-state index < -0.39 is 16.0 Å². The van der Waals surface area contributed by atoms with Gasteiger partial charge < -0.3 is 10.4 Å². The number of carboxylic acid groups (broad SMARTS) is 1. The van der Waals surface area contributed by atoms with Crippen LogP contribution in [0.5, 0.6) is 0 Å². The van der Waals surface area contributed by atoms with Crippen molar-refractivity contribution in [1.29, 1.82) is 0 Å². The van der Waals surface area contributed by atoms with Crippen LogP contribution in [0.25, 0.3) is 0 Å². The Morgan fingerprint density at radius 3 is 2.08 bits per heavy atom. The number of hydrogen-bond acceptors (Lipinski definition) is 4. The van der Waals surface area contributed by atoms with Gasteiger partial charge in [-0.3, -0.25) is 4.72 Å². The van der Waals surface area contributed by atoms with Crippen molar-refractivity contribution in [2.75, 3.05) is 10.0 Å². The highest BCUT2D eigenvalue weighted by Crippen LogP contribution is 2.61. The third-order valence-corrected chi connectivity index (χ3v) is 10.2. The van der Waals surface area contributed by atoms with E-state index in [0.29, 0.717) is 22.1 Å². The number of hydrogen-bond donors (Lipinski definition) is 3. The molecule has 0 saturated heterocycles. The monoisotopic (exact) mass is 536 g/mol. The fourth-order valence-electron chi connectivity index (χ4n) is 7.25. The molecule has 0 unspecified atom stereocenters. The van der Waals surface area contributed by atoms with Crippen molar-refractivity contribution in [2.24, 2.45) is 17.8 Å². The maximum absolute atomic E-state index is 13.1. The Morgan fingerprint density at radius 2 is 1.49 bits per heavy atom. The molecule has 0 aromatic heterocycles. The summed E-state index contributed by atoms with van der Waals surface area (Å²) in [5.41, 5.74) is 2.94. The van der Waals surface area contributed by atoms with Gasteiger partial charge in [0.2, 0.25) is 0 Å². The minimum absolute atomic E-state index is 0.0887. The van der Waals surface area contributed by atoms with Crippen LogP contribution in [0.4, 0.5) is 17.1 Å². The summed E-state index contributed by atoms with van der Waals surface area (Å²) in [6.07, 6.45) is 7.76. The molecule has 0 heterocycles. The van der Waals surface area contributed by atoms with E-state index in [1.54, 1.807) is 36.4 Å². The van der Waals surface area contributed by atoms with E-state index in [2.05, 4.69) is 16.1 Å². The Kier molecular flexibility index (Phi) is 5.96. The lowest BCUT2D eigenvalue weighted by Crippen LogP contribution is -2.48. The van der Waals surface area contributed by atoms with Crippen LogP contribution in [-0.2, 0) is 15.4 Å². The second kappa shape index (κ2) is 9.07. The maximum Gasteiger partial charge on any atom is 0.337 e. The minimum atomic E-state index is -3.86. The number of rotatable bonds is 7. The smallest absolute Gasteiger partial charge is 0.337 e. The quantitative estimate of drug-likeness (QED) is 0.300. The number of carboxylic acids is 1. The van der Waals surface area contributed by atoms with Gasteiger partial charge in [-0.15, -0.1) is 0 Å². The summed E-state index contributed by atoms with van der Waals surface area (Å²) >= 11 is 6.63. The van der Waals surface area contributed by atoms with Gasteiger partial charge in [0, 0.05) is 5.69 Å². The van der Waals surface area contributed by atoms with E-state index in [1.807, 2.05) is 6.07 Å². The van der Waals surface area contributed by atoms with Crippen LogP contribution < -0.4 is 10.0 Å². The van der Waals surface area contributed by atoms with Gasteiger partial charge in [0.15, 0.2) is 0 Å². The second-order valence-electron chi connectivity index (χ2n) is 11.0. The number of aromatic carboxylic acids is 1. The van der Waals surface area contributed by atoms with E-state index in [4.69, 9.17) is 11.6 Å². The average Bonchev–Trinajstić information content (AvgIpc) is 2.85. The highest BCUT2D eigenvalue weighted by Gasteiger charge is 2.51. The molecule has 8 heteroatoms. The first-order chi connectivity index (χ1) is 17.7. The van der Waals surface area contributed by atoms with E-state index in [-0.39, 0.29) is 15.9 Å². The largest absolute Gasteiger partial charge is 0.478 e. The molecule has 3 aromatic rings. The number of carbonyl (C=O) groups is 1. The minimum Gasteiger partial charge on any atom is -0.478 e. The maximum atomic E-state index is 13.1. The van der Waals surface area contributed by atoms with Crippen LogP contribution in [0.1, 0.15) is 54.4 Å². The van der Waals surface area contributed by atoms with E-state index >= 15 is 0 Å². The molecule has 37 heavy (non-hydrogen) atoms. The van der Waals surface area contributed by atoms with E-state index in [1.165, 1.54) is 62.3 Å². The molecule has 192 valence electrons. The van der Waals surface area contributed by atoms with Crippen LogP contribution in [0, 0.1) is 17.8 Å². The summed E-state index contributed by atoms with van der Waals surface area (Å²) in [6, 6.07) is 18.5. The van der Waals surface area contributed by atoms with Gasteiger partial charge in [0.1, 0.15) is 0 Å². The predicted octanol–water partition coefficient (Wildman–Crippen LogP) is 7.05. The van der Waals surface area contributed by atoms with Crippen LogP contribution in [-0.4, -0.2) is 19.5 Å². The number of benzene rings is 3. The zero-order valence-corrected chi connectivity index (χ0v) is 21.9. The molecule has 4 saturated carbocycles. The Hall–Kier alpha value is -3.03. The van der Waals surface area contributed by atoms with Gasteiger partial charge in [-0.05, 0) is 116 Å². The van der Waals surface area contributed by atoms with Gasteiger partial charge in [0.05, 0.1) is 26.9 Å². The highest BCUT2D eigenvalue weighted by atomic mass is 35.5. The molecule has 7 rings (SSSR count). The molecule has 0 atom stereocenters. The van der Waals surface area contributed by atoms with Crippen LogP contribution in [0.3, 0.4) is 0 Å². The van der Waals surface area contributed by atoms with Crippen molar-refractivity contribution in [3.05, 3.63) is 82.9 Å². The van der Waals surface area contributed by atoms with Gasteiger partial charge >= 0.3 is 5.97 Å². The topological polar surface area (TPSA) is 95.5 Å². The number of nitrogens with one attached hydrogen (secondary N) is 2. The average molecular weight is 537 g/mol. The third kappa shape index (κ3) is 4.59. The zero-order valence-electron chi connectivity index (χ0n) is 20.3. The van der Waals surface area contributed by atoms with Crippen molar-refractivity contribution in [3.63, 3.8) is 0 Å². The van der Waals surface area contributed by atoms with Crippen molar-refractivity contribution in [2.45, 2.75) is 48.8 Å². The SMILES string of the molecule is O=C(O)c1ccccc1Nc1ccc(S(=O)(=O)Nc2ccc(C34CC5CC(CC(C5)C3)C4)cc2Cl)cc1. The van der Waals surface area contributed by atoms with Gasteiger partial charge in [-0.1, -0.05) is 29.8 Å². The first-order valence-corrected chi connectivity index (χ1v) is 14.6. The van der Waals surface area contributed by atoms with Crippen LogP contribution in [0.2, 0.25) is 5.02 Å². The molecule has 3 N–H and O–H groups in total. The Bertz CT molecular complexity index is 1430. The zero-order chi connectivity index (χ0) is 25.8. The second-order valence-corrected chi connectivity index (χ2v) is 13.1. The molecule has 4 aliphatic carbocycles. The molecular weight excluding hydrogens is 508 g/mol. The summed E-state index contributed by atoms with van der Waals surface area (Å²) in [7, 11) is -3.86. The molecule has 0 amide bonds. The fraction of sp³-hybridized carbons (Fsp3) is 0.345. The van der Waals surface area contributed by atoms with Crippen LogP contribution in [0.15, 0.2) is 71.6 Å². The van der Waals surface area contributed by atoms with Crippen molar-refractivity contribution in [1.82, 2.24) is 0 Å². The number of halogens is 1. The Morgan fingerprint density at radius 1 is 0.865 bits per heavy atom. The van der Waals surface area contributed by atoms with Crippen molar-refractivity contribution >= 4 is 44.7 Å². The van der Waals surface area contributed by atoms with Gasteiger partial charge in [-0.25, -0.2) is 13.2 Å². The summed E-state index contributed by atoms with van der Waals surface area (Å²) in [5.74, 6) is 1.41. The molecule has 3 aromatic carbocycles. The number of sulfonamides is 1. The van der Waals surface area contributed by atoms with Crippen molar-refractivity contribution < 1.29 is 18.3 Å². The molecule has 6 nitrogen and oxygen atoms in total. The number of para-hydroxylation sites is 1. The summed E-state index contributed by atoms with van der Waals surface area (Å²) in [4.78, 5) is 11.5. The lowest BCUT2D eigenvalue weighted by molar-refractivity contribution is -0.00517. The lowest BCUT2D eigenvalue weighted by Gasteiger charge is -2.57. The molecule has 0 spiro atoms. The van der Waals surface area contributed by atoms with E-state index in [9.17, 15) is 18.3 Å². The number of anilines is 3. The lowest BCUT2D eigenvalue weighted by atomic mass is 9.48. The molecule has 4 fully saturated rings. The first-order valence-electron chi connectivity index (χ1n) is 12.7. The predicted molar refractivity (Wildman–Crippen MR) is 145 cm³/mol. The first kappa shape index (κ1) is 24.3. The molecular formula is C29H29ClN2O4S. The normalized spacial score (nSPS) is 26.1. The van der Waals surface area contributed by atoms with Crippen LogP contribution >= 0.6 is 11.6 Å². The summed E-state index contributed by atoms with van der Waals surface area (Å²) in [6.45, 7) is 0. The molecule has 0 radical (unpaired) electrons. The van der Waals surface area contributed by atoms with Crippen molar-refractivity contribution in [3.8, 4) is 0 Å². The molecule has 4 aliphatic rings. The fourth-order valence-corrected chi connectivity index (χ4v) is 8.61. The highest BCUT2D eigenvalue weighted by molar-refractivity contribution is 7.92. The molecule has 0 aliphatic heterocycles. The van der Waals surface area contributed by atoms with Gasteiger partial charge in [0.25, 0.3) is 10.0 Å². The standard InChI is InChI=1S/C29H29ClN2O4S/c30-25-14-21(29-15-18-11-19(16-29)13-20(12-18)17-29)5-10-27(25)32-37(35,36)23-8-6-22(7-9-23)31-26-4-2-1-3-24(26)28(33)34/h1-10,14,18-20,31-32H,11-13,15-17H2,(H,33,34). The molecule has 4 bridgehead atoms. The third-order valence-electron chi connectivity index (χ3n) is 8.47. The summed E-state index contributed by atoms with van der Waals surface area (Å²) < 4.78 is 28.9. The van der Waals surface area contributed by atoms with Gasteiger partial charge in [-0.2, -0.15) is 0 Å². The summed E-state index contributed by atoms with van der Waals surface area (Å²) in [5, 5.41) is 12.8. The Balaban J connectivity index is 1.19. The van der Waals surface area contributed by atoms with E-state index in [0.717, 1.165) is 17.8 Å².